The second-order valence-electron chi connectivity index (χ2n) is 0. The molecule has 0 aromatic rings. The first-order valence-corrected chi connectivity index (χ1v) is 0. The minimum atomic E-state index is 0. The third-order valence-electron chi connectivity index (χ3n) is 0. The van der Waals surface area contributed by atoms with Gasteiger partial charge in [-0.25, -0.2) is 0 Å². The van der Waals surface area contributed by atoms with Crippen LogP contribution in [0.2, 0.25) is 0 Å². The van der Waals surface area contributed by atoms with E-state index in [1.165, 1.54) is 0 Å². The van der Waals surface area contributed by atoms with Crippen molar-refractivity contribution < 1.29 is 37.7 Å². The zero-order chi connectivity index (χ0) is 0. The molecule has 0 aromatic heterocycles. The Kier molecular flexibility index (Phi) is 892. The Labute approximate surface area is 257 Å². The molecule has 0 unspecified atom stereocenters. The van der Waals surface area contributed by atoms with Crippen molar-refractivity contribution >= 4 is 228 Å². The molecule has 0 N–H and O–H groups in total. The summed E-state index contributed by atoms with van der Waals surface area (Å²) in [5.41, 5.74) is 0. The Morgan fingerprint density at radius 3 is 0.333 bits per heavy atom. The molecule has 0 fully saturated rings. The van der Waals surface area contributed by atoms with Crippen LogP contribution in [0.1, 0.15) is 0 Å². The molecule has 0 atom stereocenters. The quantitative estimate of drug-likeness (QED) is 0.218. The van der Waals surface area contributed by atoms with Crippen LogP contribution in [0.15, 0.2) is 0 Å². The molecule has 0 aromatic carbocycles. The summed E-state index contributed by atoms with van der Waals surface area (Å²) in [6.07, 6.45) is 0. The molecule has 4 radical (unpaired) electrons. The van der Waals surface area contributed by atoms with E-state index in [2.05, 4.69) is 0 Å². The van der Waals surface area contributed by atoms with Gasteiger partial charge in [0.15, 0.2) is 0 Å². The van der Waals surface area contributed by atoms with Gasteiger partial charge in [-0.05, 0) is 0 Å². The molecule has 52 valence electrons. The molecule has 0 aliphatic rings. The molecule has 0 aliphatic heterocycles. The fourth-order valence-corrected chi connectivity index (χ4v) is 0. The predicted octanol–water partition coefficient (Wildman–Crippen LogP) is -7.53. The summed E-state index contributed by atoms with van der Waals surface area (Å²) < 4.78 is 0. The maximum Gasteiger partial charge on any atom is 3.00 e. The first-order chi connectivity index (χ1) is 0. The van der Waals surface area contributed by atoms with Gasteiger partial charge >= 0.3 is 184 Å². The van der Waals surface area contributed by atoms with Crippen LogP contribution in [-0.2, 0) is 81.0 Å². The third kappa shape index (κ3) is 80.8. The van der Waals surface area contributed by atoms with E-state index in [1.807, 2.05) is 0 Å². The summed E-state index contributed by atoms with van der Waals surface area (Å²) in [5, 5.41) is 0. The normalized spacial score (nSPS) is 0. The van der Waals surface area contributed by atoms with Gasteiger partial charge in [-0.3, -0.25) is 0 Å². The number of hydrogen-bond donors (Lipinski definition) is 0. The summed E-state index contributed by atoms with van der Waals surface area (Å²) in [6.45, 7) is 0. The molecular weight excluding hydrogens is 724 g/mol. The molecule has 0 aliphatic carbocycles. The first kappa shape index (κ1) is 112. The smallest absolute Gasteiger partial charge is 2.00 e. The maximum atomic E-state index is 0. The van der Waals surface area contributed by atoms with Crippen LogP contribution in [0.3, 0.4) is 0 Å². The van der Waals surface area contributed by atoms with Gasteiger partial charge in [0.25, 0.3) is 0 Å². The second-order valence-corrected chi connectivity index (χ2v) is 0. The zero-order valence-corrected chi connectivity index (χ0v) is 25.6. The van der Waals surface area contributed by atoms with Crippen molar-refractivity contribution in [2.24, 2.45) is 0 Å². The molecule has 0 spiro atoms. The van der Waals surface area contributed by atoms with Crippen molar-refractivity contribution in [3.05, 3.63) is 0 Å². The van der Waals surface area contributed by atoms with Crippen LogP contribution < -0.4 is 37.7 Å². The topological polar surface area (TPSA) is 0 Å². The number of hydrogen-bond acceptors (Lipinski definition) is 0. The van der Waals surface area contributed by atoms with Gasteiger partial charge in [-0.1, -0.05) is 0 Å². The summed E-state index contributed by atoms with van der Waals surface area (Å²) >= 11 is 0. The van der Waals surface area contributed by atoms with Crippen LogP contribution in [0.25, 0.3) is 0 Å². The van der Waals surface area contributed by atoms with Crippen LogP contribution in [0.5, 0.6) is 0 Å². The van der Waals surface area contributed by atoms with Crippen LogP contribution in [0, 0.1) is 0 Å². The van der Waals surface area contributed by atoms with Crippen molar-refractivity contribution in [3.8, 4) is 0 Å². The largest absolute Gasteiger partial charge is 3.00 e. The second kappa shape index (κ2) is 95.6. The van der Waals surface area contributed by atoms with Crippen molar-refractivity contribution in [1.82, 2.24) is 0 Å². The summed E-state index contributed by atoms with van der Waals surface area (Å²) in [5.74, 6) is 0. The summed E-state index contributed by atoms with van der Waals surface area (Å²) in [6, 6.07) is 0. The molecule has 0 saturated carbocycles. The van der Waals surface area contributed by atoms with Gasteiger partial charge < -0.3 is 81.0 Å². The van der Waals surface area contributed by atoms with E-state index in [4.69, 9.17) is 0 Å². The maximum absolute atomic E-state index is 0. The van der Waals surface area contributed by atoms with Gasteiger partial charge in [-0.2, -0.15) is 0 Å². The molecule has 0 rings (SSSR count). The van der Waals surface area contributed by atoms with E-state index in [0.29, 0.717) is 0 Å². The van der Waals surface area contributed by atoms with E-state index in [1.54, 1.807) is 0 Å². The molecular formula is Ba2Li2S6Sb2. The van der Waals surface area contributed by atoms with Gasteiger partial charge in [0.1, 0.15) is 0 Å². The van der Waals surface area contributed by atoms with Crippen LogP contribution in [-0.4, -0.2) is 147 Å². The van der Waals surface area contributed by atoms with Gasteiger partial charge in [0.2, 0.25) is 0 Å². The first-order valence-electron chi connectivity index (χ1n) is 0. The fourth-order valence-electron chi connectivity index (χ4n) is 0. The average Bonchev–Trinajstić information content (AvgIpc) is 0. The summed E-state index contributed by atoms with van der Waals surface area (Å²) in [7, 11) is 0. The fraction of sp³-hybridized carbons (Fsp3) is 0. The molecule has 0 nitrogen and oxygen atoms in total. The SMILES string of the molecule is [Ba+2].[Ba+2].[Li+].[Li+].[S-2].[S-2].[S-2].[S-2].[S-2].[S-2].[Sb+3].[Sb+3]. The van der Waals surface area contributed by atoms with Crippen LogP contribution in [0.4, 0.5) is 0 Å². The molecule has 0 heterocycles. The average molecular weight is 724 g/mol. The van der Waals surface area contributed by atoms with Gasteiger partial charge in [0.05, 0.1) is 0 Å². The van der Waals surface area contributed by atoms with E-state index < -0.39 is 0 Å². The van der Waals surface area contributed by atoms with Crippen molar-refractivity contribution in [3.63, 3.8) is 0 Å². The summed E-state index contributed by atoms with van der Waals surface area (Å²) in [4.78, 5) is 0. The minimum absolute atomic E-state index is 0. The number of rotatable bonds is 0. The monoisotopic (exact) mass is 723 g/mol. The van der Waals surface area contributed by atoms with Crippen LogP contribution >= 0.6 is 0 Å². The van der Waals surface area contributed by atoms with E-state index in [-0.39, 0.29) is 265 Å². The Bertz CT molecular complexity index is 21.5. The Morgan fingerprint density at radius 1 is 0.333 bits per heavy atom. The van der Waals surface area contributed by atoms with Gasteiger partial charge in [0, 0.05) is 0 Å². The minimum Gasteiger partial charge on any atom is -2.00 e. The van der Waals surface area contributed by atoms with E-state index in [9.17, 15) is 0 Å². The van der Waals surface area contributed by atoms with Crippen molar-refractivity contribution in [2.75, 3.05) is 0 Å². The van der Waals surface area contributed by atoms with Crippen molar-refractivity contribution in [1.29, 1.82) is 0 Å². The predicted molar refractivity (Wildman–Crippen MR) is 67.2 cm³/mol. The Morgan fingerprint density at radius 2 is 0.333 bits per heavy atom. The zero-order valence-electron chi connectivity index (χ0n) is 6.76. The standard InChI is InChI=1S/2Ba.2Li.6S.2Sb/q2*+2;2*+1;6*-2;2*+3. The molecule has 0 amide bonds. The Balaban J connectivity index is 0. The van der Waals surface area contributed by atoms with Gasteiger partial charge in [-0.15, -0.1) is 0 Å². The molecule has 0 bridgehead atoms. The van der Waals surface area contributed by atoms with E-state index in [0.717, 1.165) is 0 Å². The molecule has 12 heavy (non-hydrogen) atoms. The molecule has 0 saturated heterocycles. The third-order valence-corrected chi connectivity index (χ3v) is 0. The van der Waals surface area contributed by atoms with E-state index >= 15 is 0 Å². The Hall–Kier alpha value is 8.07. The molecule has 12 heteroatoms. The van der Waals surface area contributed by atoms with Crippen molar-refractivity contribution in [2.45, 2.75) is 0 Å².